The van der Waals surface area contributed by atoms with Crippen LogP contribution in [0.1, 0.15) is 11.1 Å². The lowest BCUT2D eigenvalue weighted by Crippen LogP contribution is -2.35. The Kier molecular flexibility index (Phi) is 3.80. The van der Waals surface area contributed by atoms with E-state index >= 15 is 0 Å². The third-order valence-electron chi connectivity index (χ3n) is 2.98. The monoisotopic (exact) mass is 221 g/mol. The van der Waals surface area contributed by atoms with E-state index in [2.05, 4.69) is 30.0 Å². The topological polar surface area (TPSA) is 21.7 Å². The summed E-state index contributed by atoms with van der Waals surface area (Å²) >= 11 is 0. The molecule has 0 bridgehead atoms. The van der Waals surface area contributed by atoms with Crippen molar-refractivity contribution in [3.05, 3.63) is 29.3 Å². The molecule has 3 nitrogen and oxygen atoms in total. The molecule has 1 heterocycles. The highest BCUT2D eigenvalue weighted by Crippen LogP contribution is 2.20. The fourth-order valence-electron chi connectivity index (χ4n) is 1.98. The van der Waals surface area contributed by atoms with Crippen LogP contribution in [0.2, 0.25) is 0 Å². The second-order valence-electron chi connectivity index (χ2n) is 4.19. The number of rotatable bonds is 3. The molecule has 3 heteroatoms. The molecule has 0 spiro atoms. The molecule has 1 saturated heterocycles. The van der Waals surface area contributed by atoms with Gasteiger partial charge in [0, 0.05) is 19.6 Å². The number of hydrogen-bond donors (Lipinski definition) is 0. The van der Waals surface area contributed by atoms with Crippen LogP contribution in [0.4, 0.5) is 0 Å². The average molecular weight is 221 g/mol. The molecule has 88 valence electrons. The summed E-state index contributed by atoms with van der Waals surface area (Å²) in [7, 11) is 1.72. The van der Waals surface area contributed by atoms with Crippen molar-refractivity contribution in [2.75, 3.05) is 33.4 Å². The van der Waals surface area contributed by atoms with E-state index in [1.54, 1.807) is 7.11 Å². The summed E-state index contributed by atoms with van der Waals surface area (Å²) < 4.78 is 10.7. The Bertz CT molecular complexity index is 346. The second kappa shape index (κ2) is 5.32. The molecular formula is C13H19NO2. The summed E-state index contributed by atoms with van der Waals surface area (Å²) in [6.45, 7) is 6.80. The largest absolute Gasteiger partial charge is 0.496 e. The first-order chi connectivity index (χ1) is 7.79. The maximum Gasteiger partial charge on any atom is 0.122 e. The zero-order valence-electron chi connectivity index (χ0n) is 10.0. The van der Waals surface area contributed by atoms with Crippen LogP contribution in [-0.2, 0) is 11.3 Å². The number of hydrogen-bond acceptors (Lipinski definition) is 3. The molecular weight excluding hydrogens is 202 g/mol. The standard InChI is InChI=1S/C13H19NO2/c1-11-3-4-12(9-13(11)15-2)10-14-5-7-16-8-6-14/h3-4,9H,5-8,10H2,1-2H3. The van der Waals surface area contributed by atoms with Crippen LogP contribution >= 0.6 is 0 Å². The lowest BCUT2D eigenvalue weighted by atomic mass is 10.1. The van der Waals surface area contributed by atoms with E-state index in [1.165, 1.54) is 11.1 Å². The van der Waals surface area contributed by atoms with Crippen LogP contribution in [0.15, 0.2) is 18.2 Å². The van der Waals surface area contributed by atoms with Crippen molar-refractivity contribution in [3.8, 4) is 5.75 Å². The third kappa shape index (κ3) is 2.74. The fraction of sp³-hybridized carbons (Fsp3) is 0.538. The van der Waals surface area contributed by atoms with Crippen LogP contribution in [0, 0.1) is 6.92 Å². The summed E-state index contributed by atoms with van der Waals surface area (Å²) in [6.07, 6.45) is 0. The highest BCUT2D eigenvalue weighted by molar-refractivity contribution is 5.36. The first kappa shape index (κ1) is 11.4. The SMILES string of the molecule is COc1cc(CN2CCOCC2)ccc1C. The van der Waals surface area contributed by atoms with Gasteiger partial charge in [-0.3, -0.25) is 4.90 Å². The number of morpholine rings is 1. The summed E-state index contributed by atoms with van der Waals surface area (Å²) in [5.41, 5.74) is 2.50. The zero-order chi connectivity index (χ0) is 11.4. The van der Waals surface area contributed by atoms with Crippen LogP contribution < -0.4 is 4.74 Å². The van der Waals surface area contributed by atoms with Gasteiger partial charge < -0.3 is 9.47 Å². The van der Waals surface area contributed by atoms with Gasteiger partial charge in [0.25, 0.3) is 0 Å². The predicted molar refractivity (Wildman–Crippen MR) is 63.8 cm³/mol. The van der Waals surface area contributed by atoms with Crippen LogP contribution in [0.5, 0.6) is 5.75 Å². The Morgan fingerprint density at radius 2 is 2.06 bits per heavy atom. The van der Waals surface area contributed by atoms with Gasteiger partial charge in [-0.25, -0.2) is 0 Å². The summed E-state index contributed by atoms with van der Waals surface area (Å²) in [5.74, 6) is 0.978. The van der Waals surface area contributed by atoms with Gasteiger partial charge in [0.1, 0.15) is 5.75 Å². The minimum atomic E-state index is 0.850. The van der Waals surface area contributed by atoms with Gasteiger partial charge in [0.2, 0.25) is 0 Å². The minimum absolute atomic E-state index is 0.850. The van der Waals surface area contributed by atoms with Gasteiger partial charge in [-0.2, -0.15) is 0 Å². The summed E-state index contributed by atoms with van der Waals surface area (Å²) in [5, 5.41) is 0. The molecule has 0 N–H and O–H groups in total. The molecule has 0 aromatic heterocycles. The number of benzene rings is 1. The summed E-state index contributed by atoms with van der Waals surface area (Å²) in [4.78, 5) is 2.41. The van der Waals surface area contributed by atoms with Crippen LogP contribution in [-0.4, -0.2) is 38.3 Å². The lowest BCUT2D eigenvalue weighted by molar-refractivity contribution is 0.0341. The molecule has 1 aromatic rings. The van der Waals surface area contributed by atoms with Gasteiger partial charge in [-0.05, 0) is 24.1 Å². The zero-order valence-corrected chi connectivity index (χ0v) is 10.0. The van der Waals surface area contributed by atoms with Gasteiger partial charge in [0.15, 0.2) is 0 Å². The van der Waals surface area contributed by atoms with Gasteiger partial charge in [0.05, 0.1) is 20.3 Å². The first-order valence-corrected chi connectivity index (χ1v) is 5.73. The van der Waals surface area contributed by atoms with E-state index in [-0.39, 0.29) is 0 Å². The van der Waals surface area contributed by atoms with Crippen LogP contribution in [0.3, 0.4) is 0 Å². The van der Waals surface area contributed by atoms with Crippen molar-refractivity contribution >= 4 is 0 Å². The van der Waals surface area contributed by atoms with Crippen LogP contribution in [0.25, 0.3) is 0 Å². The third-order valence-corrected chi connectivity index (χ3v) is 2.98. The Balaban J connectivity index is 2.03. The number of ether oxygens (including phenoxy) is 2. The highest BCUT2D eigenvalue weighted by atomic mass is 16.5. The summed E-state index contributed by atoms with van der Waals surface area (Å²) in [6, 6.07) is 6.42. The van der Waals surface area contributed by atoms with E-state index in [4.69, 9.17) is 9.47 Å². The quantitative estimate of drug-likeness (QED) is 0.777. The second-order valence-corrected chi connectivity index (χ2v) is 4.19. The van der Waals surface area contributed by atoms with E-state index in [0.29, 0.717) is 0 Å². The van der Waals surface area contributed by atoms with Crippen molar-refractivity contribution < 1.29 is 9.47 Å². The number of nitrogens with zero attached hydrogens (tertiary/aromatic N) is 1. The van der Waals surface area contributed by atoms with Gasteiger partial charge >= 0.3 is 0 Å². The molecule has 16 heavy (non-hydrogen) atoms. The molecule has 0 aliphatic carbocycles. The molecule has 2 rings (SSSR count). The van der Waals surface area contributed by atoms with E-state index < -0.39 is 0 Å². The molecule has 0 atom stereocenters. The molecule has 1 aliphatic rings. The van der Waals surface area contributed by atoms with E-state index in [9.17, 15) is 0 Å². The van der Waals surface area contributed by atoms with E-state index in [0.717, 1.165) is 38.6 Å². The Hall–Kier alpha value is -1.06. The Morgan fingerprint density at radius 1 is 1.31 bits per heavy atom. The fourth-order valence-corrected chi connectivity index (χ4v) is 1.98. The molecule has 1 aliphatic heterocycles. The normalized spacial score (nSPS) is 17.4. The minimum Gasteiger partial charge on any atom is -0.496 e. The molecule has 1 fully saturated rings. The van der Waals surface area contributed by atoms with Crippen molar-refractivity contribution in [3.63, 3.8) is 0 Å². The number of methoxy groups -OCH3 is 1. The number of aryl methyl sites for hydroxylation is 1. The van der Waals surface area contributed by atoms with Crippen molar-refractivity contribution in [1.29, 1.82) is 0 Å². The molecule has 1 aromatic carbocycles. The smallest absolute Gasteiger partial charge is 0.122 e. The van der Waals surface area contributed by atoms with Gasteiger partial charge in [-0.15, -0.1) is 0 Å². The highest BCUT2D eigenvalue weighted by Gasteiger charge is 2.11. The Morgan fingerprint density at radius 3 is 2.75 bits per heavy atom. The predicted octanol–water partition coefficient (Wildman–Crippen LogP) is 1.84. The molecule has 0 radical (unpaired) electrons. The Labute approximate surface area is 97.0 Å². The van der Waals surface area contributed by atoms with Crippen molar-refractivity contribution in [2.45, 2.75) is 13.5 Å². The van der Waals surface area contributed by atoms with Crippen molar-refractivity contribution in [1.82, 2.24) is 4.90 Å². The van der Waals surface area contributed by atoms with Gasteiger partial charge in [-0.1, -0.05) is 12.1 Å². The maximum absolute atomic E-state index is 5.34. The average Bonchev–Trinajstić information content (AvgIpc) is 2.33. The van der Waals surface area contributed by atoms with E-state index in [1.807, 2.05) is 0 Å². The molecule has 0 unspecified atom stereocenters. The van der Waals surface area contributed by atoms with Crippen molar-refractivity contribution in [2.24, 2.45) is 0 Å². The maximum atomic E-state index is 5.34. The molecule has 0 saturated carbocycles. The molecule has 0 amide bonds. The first-order valence-electron chi connectivity index (χ1n) is 5.73. The lowest BCUT2D eigenvalue weighted by Gasteiger charge is -2.26.